The summed E-state index contributed by atoms with van der Waals surface area (Å²) >= 11 is 0. The van der Waals surface area contributed by atoms with Crippen molar-refractivity contribution in [3.05, 3.63) is 11.6 Å². The molecule has 8 heteroatoms. The number of hydrogen-bond donors (Lipinski definition) is 5. The van der Waals surface area contributed by atoms with Crippen LogP contribution in [0.3, 0.4) is 0 Å². The normalized spacial score (nSPS) is 42.0. The van der Waals surface area contributed by atoms with Crippen LogP contribution in [0.5, 0.6) is 0 Å². The van der Waals surface area contributed by atoms with Gasteiger partial charge in [0.05, 0.1) is 12.7 Å². The maximum absolute atomic E-state index is 12.4. The summed E-state index contributed by atoms with van der Waals surface area (Å²) in [4.78, 5) is 24.3. The van der Waals surface area contributed by atoms with Gasteiger partial charge in [0, 0.05) is 34.4 Å². The average molecular weight is 515 g/mol. The first-order chi connectivity index (χ1) is 14.7. The van der Waals surface area contributed by atoms with E-state index >= 15 is 0 Å². The molecule has 0 aromatic heterocycles. The minimum atomic E-state index is -1.54. The number of fused-ring (bicyclic) bond motifs is 5. The van der Waals surface area contributed by atoms with Gasteiger partial charge in [-0.2, -0.15) is 0 Å². The first-order valence-electron chi connectivity index (χ1n) is 11.9. The van der Waals surface area contributed by atoms with Gasteiger partial charge in [0.15, 0.2) is 11.6 Å². The number of allylic oxidation sites excluding steroid dienone is 1. The fourth-order valence-electron chi connectivity index (χ4n) is 7.28. The van der Waals surface area contributed by atoms with E-state index in [4.69, 9.17) is 10.8 Å². The number of hydrogen-bond acceptors (Lipinski definition) is 7. The smallest absolute Gasteiger partial charge is 0.190 e. The third-order valence-electron chi connectivity index (χ3n) is 9.06. The molecule has 0 spiro atoms. The summed E-state index contributed by atoms with van der Waals surface area (Å²) in [5, 5.41) is 40.0. The molecular formula is C25H41CuNO6. The van der Waals surface area contributed by atoms with Crippen LogP contribution >= 0.6 is 0 Å². The van der Waals surface area contributed by atoms with Gasteiger partial charge in [-0.15, -0.1) is 0 Å². The van der Waals surface area contributed by atoms with Crippen molar-refractivity contribution in [2.75, 3.05) is 13.2 Å². The molecule has 3 saturated carbocycles. The second kappa shape index (κ2) is 9.81. The summed E-state index contributed by atoms with van der Waals surface area (Å²) in [6.45, 7) is 7.05. The van der Waals surface area contributed by atoms with Crippen LogP contribution in [0.25, 0.3) is 0 Å². The largest absolute Gasteiger partial charge is 0.394 e. The van der Waals surface area contributed by atoms with Gasteiger partial charge in [0.2, 0.25) is 0 Å². The van der Waals surface area contributed by atoms with E-state index in [-0.39, 0.29) is 52.6 Å². The fourth-order valence-corrected chi connectivity index (χ4v) is 7.28. The Bertz CT molecular complexity index is 794. The van der Waals surface area contributed by atoms with Crippen molar-refractivity contribution >= 4 is 11.6 Å². The predicted octanol–water partition coefficient (Wildman–Crippen LogP) is 1.50. The topological polar surface area (TPSA) is 141 Å². The molecule has 0 saturated heterocycles. The first-order valence-corrected chi connectivity index (χ1v) is 11.9. The molecule has 193 valence electrons. The molecule has 0 aliphatic heterocycles. The van der Waals surface area contributed by atoms with Crippen LogP contribution in [-0.4, -0.2) is 62.5 Å². The van der Waals surface area contributed by atoms with Gasteiger partial charge in [-0.1, -0.05) is 19.4 Å². The molecule has 4 aliphatic carbocycles. The molecule has 0 unspecified atom stereocenters. The molecule has 1 radical (unpaired) electrons. The monoisotopic (exact) mass is 514 g/mol. The predicted molar refractivity (Wildman–Crippen MR) is 120 cm³/mol. The summed E-state index contributed by atoms with van der Waals surface area (Å²) in [6.07, 6.45) is 5.74. The molecule has 6 N–H and O–H groups in total. The van der Waals surface area contributed by atoms with Crippen LogP contribution in [0.4, 0.5) is 0 Å². The fraction of sp³-hybridized carbons (Fsp3) is 0.840. The van der Waals surface area contributed by atoms with Crippen molar-refractivity contribution in [1.82, 2.24) is 0 Å². The summed E-state index contributed by atoms with van der Waals surface area (Å²) in [6, 6.07) is 0. The number of ketones is 2. The SMILES string of the molecule is CC(C)(N)CO.C[C@]12CCC(=O)C=C1CC[C@@H]1[C@@H]2[C@@H](O)C[C@@]2(C)[C@H]1CC[C@]2(O)C(=O)CO.[Cu]. The number of rotatable bonds is 3. The van der Waals surface area contributed by atoms with Crippen molar-refractivity contribution < 1.29 is 47.1 Å². The second-order valence-corrected chi connectivity index (χ2v) is 11.7. The van der Waals surface area contributed by atoms with Crippen LogP contribution < -0.4 is 5.73 Å². The molecule has 0 amide bonds. The molecule has 0 aromatic carbocycles. The van der Waals surface area contributed by atoms with Crippen LogP contribution in [0.1, 0.15) is 72.6 Å². The Labute approximate surface area is 207 Å². The minimum absolute atomic E-state index is 0. The van der Waals surface area contributed by atoms with E-state index in [0.717, 1.165) is 25.7 Å². The minimum Gasteiger partial charge on any atom is -0.394 e. The van der Waals surface area contributed by atoms with E-state index in [1.54, 1.807) is 19.9 Å². The zero-order valence-corrected chi connectivity index (χ0v) is 21.2. The van der Waals surface area contributed by atoms with E-state index in [1.165, 1.54) is 5.57 Å². The van der Waals surface area contributed by atoms with Crippen LogP contribution in [-0.2, 0) is 26.7 Å². The average Bonchev–Trinajstić information content (AvgIpc) is 2.99. The number of carbonyl (C=O) groups is 2. The van der Waals surface area contributed by atoms with E-state index in [0.29, 0.717) is 19.3 Å². The summed E-state index contributed by atoms with van der Waals surface area (Å²) in [5.41, 5.74) is 3.65. The van der Waals surface area contributed by atoms with Crippen LogP contribution in [0.2, 0.25) is 0 Å². The van der Waals surface area contributed by atoms with E-state index in [1.807, 2.05) is 6.92 Å². The zero-order valence-electron chi connectivity index (χ0n) is 20.2. The van der Waals surface area contributed by atoms with Gasteiger partial charge in [0.1, 0.15) is 12.2 Å². The molecular weight excluding hydrogens is 474 g/mol. The summed E-state index contributed by atoms with van der Waals surface area (Å²) in [5.74, 6) is 0.140. The van der Waals surface area contributed by atoms with E-state index < -0.39 is 35.0 Å². The quantitative estimate of drug-likeness (QED) is 0.359. The number of aliphatic hydroxyl groups is 4. The molecule has 3 fully saturated rings. The van der Waals surface area contributed by atoms with E-state index in [2.05, 4.69) is 6.92 Å². The van der Waals surface area contributed by atoms with Gasteiger partial charge in [-0.25, -0.2) is 0 Å². The first kappa shape index (κ1) is 28.6. The molecule has 33 heavy (non-hydrogen) atoms. The number of aliphatic hydroxyl groups excluding tert-OH is 3. The standard InChI is InChI=1S/C21H30O5.C4H11NO.Cu/c1-19-7-5-13(23)9-12(19)3-4-14-15-6-8-21(26,17(25)11-22)20(15,2)10-16(24)18(14)19;1-4(2,5)3-6;/h9,14-16,18,22,24,26H,3-8,10-11H2,1-2H3;6H,3,5H2,1-2H3;/t14-,15-,16-,18+,19-,20-,21-;;/m0../s1. The Morgan fingerprint density at radius 2 is 1.79 bits per heavy atom. The van der Waals surface area contributed by atoms with Gasteiger partial charge in [-0.3, -0.25) is 9.59 Å². The number of carbonyl (C=O) groups excluding carboxylic acids is 2. The van der Waals surface area contributed by atoms with Crippen molar-refractivity contribution in [3.63, 3.8) is 0 Å². The van der Waals surface area contributed by atoms with E-state index in [9.17, 15) is 24.9 Å². The second-order valence-electron chi connectivity index (χ2n) is 11.7. The molecule has 7 nitrogen and oxygen atoms in total. The Kier molecular flexibility index (Phi) is 8.51. The number of Topliss-reactive ketones (excluding diaryl/α,β-unsaturated/α-hetero) is 1. The summed E-state index contributed by atoms with van der Waals surface area (Å²) in [7, 11) is 0. The molecule has 0 bridgehead atoms. The Morgan fingerprint density at radius 3 is 2.33 bits per heavy atom. The molecule has 0 heterocycles. The molecule has 4 aliphatic rings. The van der Waals surface area contributed by atoms with Gasteiger partial charge >= 0.3 is 0 Å². The van der Waals surface area contributed by atoms with Crippen molar-refractivity contribution in [2.24, 2.45) is 34.3 Å². The van der Waals surface area contributed by atoms with Crippen LogP contribution in [0.15, 0.2) is 11.6 Å². The Hall–Kier alpha value is -0.601. The maximum Gasteiger partial charge on any atom is 0.190 e. The van der Waals surface area contributed by atoms with Crippen molar-refractivity contribution in [1.29, 1.82) is 0 Å². The zero-order chi connectivity index (χ0) is 24.1. The third-order valence-corrected chi connectivity index (χ3v) is 9.06. The number of nitrogens with two attached hydrogens (primary N) is 1. The van der Waals surface area contributed by atoms with Crippen LogP contribution in [0, 0.1) is 28.6 Å². The molecule has 7 atom stereocenters. The van der Waals surface area contributed by atoms with Crippen molar-refractivity contribution in [3.8, 4) is 0 Å². The van der Waals surface area contributed by atoms with Gasteiger partial charge in [0.25, 0.3) is 0 Å². The Balaban J connectivity index is 0.000000491. The van der Waals surface area contributed by atoms with Crippen molar-refractivity contribution in [2.45, 2.75) is 89.9 Å². The Morgan fingerprint density at radius 1 is 1.18 bits per heavy atom. The summed E-state index contributed by atoms with van der Waals surface area (Å²) < 4.78 is 0. The molecule has 0 aromatic rings. The molecule has 4 rings (SSSR count). The third kappa shape index (κ3) is 4.77. The van der Waals surface area contributed by atoms with Gasteiger partial charge in [-0.05, 0) is 81.6 Å². The maximum atomic E-state index is 12.4. The van der Waals surface area contributed by atoms with Gasteiger partial charge < -0.3 is 26.2 Å².